The molecule has 1 heterocycles. The molecule has 21 heavy (non-hydrogen) atoms. The minimum absolute atomic E-state index is 0.0128. The van der Waals surface area contributed by atoms with E-state index in [-0.39, 0.29) is 22.5 Å². The number of rotatable bonds is 5. The van der Waals surface area contributed by atoms with E-state index < -0.39 is 0 Å². The summed E-state index contributed by atoms with van der Waals surface area (Å²) in [5, 5.41) is 10.8. The molecule has 0 radical (unpaired) electrons. The number of nitrogens with zero attached hydrogens (tertiary/aromatic N) is 1. The van der Waals surface area contributed by atoms with Gasteiger partial charge in [-0.15, -0.1) is 0 Å². The molecule has 0 amide bonds. The van der Waals surface area contributed by atoms with Crippen LogP contribution >= 0.6 is 0 Å². The third-order valence-electron chi connectivity index (χ3n) is 3.89. The molecule has 1 fully saturated rings. The number of benzene rings is 1. The van der Waals surface area contributed by atoms with Gasteiger partial charge in [-0.2, -0.15) is 0 Å². The van der Waals surface area contributed by atoms with Gasteiger partial charge < -0.3 is 9.64 Å². The van der Waals surface area contributed by atoms with Gasteiger partial charge in [0.15, 0.2) is 0 Å². The molecule has 0 aliphatic carbocycles. The standard InChI is InChI=1S/C15H20N2O4/c1-2-21-15(18)13-6-8-16(9-7-13)11-12-4-3-5-14(10-12)17(19)20/h3-5,10,13H,2,6-9,11H2,1H3/p+1. The number of carbonyl (C=O) groups excluding carboxylic acids is 1. The fourth-order valence-corrected chi connectivity index (χ4v) is 2.77. The van der Waals surface area contributed by atoms with Crippen LogP contribution in [0.15, 0.2) is 24.3 Å². The van der Waals surface area contributed by atoms with Crippen molar-refractivity contribution in [2.75, 3.05) is 19.7 Å². The van der Waals surface area contributed by atoms with Crippen LogP contribution in [0.1, 0.15) is 25.3 Å². The zero-order valence-electron chi connectivity index (χ0n) is 12.2. The first-order valence-corrected chi connectivity index (χ1v) is 7.33. The quantitative estimate of drug-likeness (QED) is 0.498. The summed E-state index contributed by atoms with van der Waals surface area (Å²) in [6.45, 7) is 4.80. The summed E-state index contributed by atoms with van der Waals surface area (Å²) in [5.74, 6) is -0.0780. The molecule has 1 aliphatic rings. The van der Waals surface area contributed by atoms with Crippen molar-refractivity contribution in [3.8, 4) is 0 Å². The molecule has 0 saturated carbocycles. The number of nitro benzene ring substituents is 1. The zero-order chi connectivity index (χ0) is 15.2. The molecular formula is C15H21N2O4+. The maximum absolute atomic E-state index is 11.7. The number of non-ortho nitro benzene ring substituents is 1. The predicted molar refractivity (Wildman–Crippen MR) is 76.9 cm³/mol. The molecule has 1 aliphatic heterocycles. The molecular weight excluding hydrogens is 272 g/mol. The number of likely N-dealkylation sites (tertiary alicyclic amines) is 1. The van der Waals surface area contributed by atoms with E-state index in [9.17, 15) is 14.9 Å². The Kier molecular flexibility index (Phi) is 5.27. The third kappa shape index (κ3) is 4.26. The molecule has 0 aromatic heterocycles. The number of nitrogens with one attached hydrogen (secondary N) is 1. The minimum Gasteiger partial charge on any atom is -0.466 e. The van der Waals surface area contributed by atoms with Crippen LogP contribution in [-0.2, 0) is 16.1 Å². The van der Waals surface area contributed by atoms with Crippen molar-refractivity contribution >= 4 is 11.7 Å². The SMILES string of the molecule is CCOC(=O)C1CC[NH+](Cc2cccc([N+](=O)[O-])c2)CC1. The largest absolute Gasteiger partial charge is 0.466 e. The Morgan fingerprint density at radius 1 is 1.43 bits per heavy atom. The Morgan fingerprint density at radius 2 is 2.14 bits per heavy atom. The summed E-state index contributed by atoms with van der Waals surface area (Å²) in [4.78, 5) is 23.4. The lowest BCUT2D eigenvalue weighted by Crippen LogP contribution is -3.11. The van der Waals surface area contributed by atoms with E-state index in [1.807, 2.05) is 13.0 Å². The van der Waals surface area contributed by atoms with Crippen LogP contribution in [0.25, 0.3) is 0 Å². The molecule has 0 atom stereocenters. The number of piperidine rings is 1. The number of hydrogen-bond acceptors (Lipinski definition) is 4. The zero-order valence-corrected chi connectivity index (χ0v) is 12.2. The Balaban J connectivity index is 1.87. The number of esters is 1. The van der Waals surface area contributed by atoms with Crippen LogP contribution in [0, 0.1) is 16.0 Å². The lowest BCUT2D eigenvalue weighted by Gasteiger charge is -2.28. The first kappa shape index (κ1) is 15.4. The molecule has 1 saturated heterocycles. The second kappa shape index (κ2) is 7.17. The van der Waals surface area contributed by atoms with Gasteiger partial charge in [-0.1, -0.05) is 12.1 Å². The van der Waals surface area contributed by atoms with Crippen LogP contribution in [0.4, 0.5) is 5.69 Å². The first-order valence-electron chi connectivity index (χ1n) is 7.33. The molecule has 1 aromatic rings. The molecule has 1 aromatic carbocycles. The minimum atomic E-state index is -0.369. The maximum atomic E-state index is 11.7. The Bertz CT molecular complexity index is 510. The van der Waals surface area contributed by atoms with E-state index in [1.165, 1.54) is 11.0 Å². The van der Waals surface area contributed by atoms with Gasteiger partial charge in [-0.05, 0) is 6.92 Å². The third-order valence-corrected chi connectivity index (χ3v) is 3.89. The van der Waals surface area contributed by atoms with Gasteiger partial charge in [0.1, 0.15) is 6.54 Å². The Morgan fingerprint density at radius 3 is 2.76 bits per heavy atom. The van der Waals surface area contributed by atoms with Crippen molar-refractivity contribution in [3.05, 3.63) is 39.9 Å². The van der Waals surface area contributed by atoms with E-state index in [0.29, 0.717) is 6.61 Å². The van der Waals surface area contributed by atoms with Crippen LogP contribution in [-0.4, -0.2) is 30.6 Å². The van der Waals surface area contributed by atoms with Crippen molar-refractivity contribution in [2.45, 2.75) is 26.3 Å². The van der Waals surface area contributed by atoms with Crippen molar-refractivity contribution in [2.24, 2.45) is 5.92 Å². The highest BCUT2D eigenvalue weighted by atomic mass is 16.6. The Hall–Kier alpha value is -1.95. The number of quaternary nitrogens is 1. The highest BCUT2D eigenvalue weighted by molar-refractivity contribution is 5.72. The van der Waals surface area contributed by atoms with Crippen molar-refractivity contribution in [1.29, 1.82) is 0 Å². The fourth-order valence-electron chi connectivity index (χ4n) is 2.77. The molecule has 114 valence electrons. The van der Waals surface area contributed by atoms with E-state index >= 15 is 0 Å². The van der Waals surface area contributed by atoms with Gasteiger partial charge >= 0.3 is 5.97 Å². The highest BCUT2D eigenvalue weighted by Gasteiger charge is 2.28. The number of carbonyl (C=O) groups is 1. The molecule has 0 spiro atoms. The molecule has 0 unspecified atom stereocenters. The summed E-state index contributed by atoms with van der Waals surface area (Å²) in [6, 6.07) is 6.77. The first-order chi connectivity index (χ1) is 10.1. The lowest BCUT2D eigenvalue weighted by atomic mass is 9.96. The number of ether oxygens (including phenoxy) is 1. The summed E-state index contributed by atoms with van der Waals surface area (Å²) in [6.07, 6.45) is 1.65. The highest BCUT2D eigenvalue weighted by Crippen LogP contribution is 2.14. The molecule has 0 bridgehead atoms. The number of hydrogen-bond donors (Lipinski definition) is 1. The van der Waals surface area contributed by atoms with E-state index in [2.05, 4.69) is 0 Å². The Labute approximate surface area is 123 Å². The van der Waals surface area contributed by atoms with Crippen molar-refractivity contribution in [1.82, 2.24) is 0 Å². The molecule has 6 nitrogen and oxygen atoms in total. The monoisotopic (exact) mass is 293 g/mol. The van der Waals surface area contributed by atoms with Gasteiger partial charge in [0, 0.05) is 30.5 Å². The van der Waals surface area contributed by atoms with Gasteiger partial charge in [-0.25, -0.2) is 0 Å². The second-order valence-electron chi connectivity index (χ2n) is 5.38. The predicted octanol–water partition coefficient (Wildman–Crippen LogP) is 0.953. The fraction of sp³-hybridized carbons (Fsp3) is 0.533. The smallest absolute Gasteiger partial charge is 0.309 e. The van der Waals surface area contributed by atoms with E-state index in [4.69, 9.17) is 4.74 Å². The average Bonchev–Trinajstić information content (AvgIpc) is 2.48. The summed E-state index contributed by atoms with van der Waals surface area (Å²) in [7, 11) is 0. The number of nitro groups is 1. The van der Waals surface area contributed by atoms with Crippen LogP contribution in [0.3, 0.4) is 0 Å². The van der Waals surface area contributed by atoms with Crippen LogP contribution in [0.2, 0.25) is 0 Å². The van der Waals surface area contributed by atoms with Crippen LogP contribution in [0.5, 0.6) is 0 Å². The summed E-state index contributed by atoms with van der Waals surface area (Å²) >= 11 is 0. The average molecular weight is 293 g/mol. The topological polar surface area (TPSA) is 73.9 Å². The van der Waals surface area contributed by atoms with Crippen molar-refractivity contribution in [3.63, 3.8) is 0 Å². The normalized spacial score (nSPS) is 21.8. The van der Waals surface area contributed by atoms with Gasteiger partial charge in [0.05, 0.1) is 30.5 Å². The van der Waals surface area contributed by atoms with Gasteiger partial charge in [0.2, 0.25) is 0 Å². The second-order valence-corrected chi connectivity index (χ2v) is 5.38. The molecule has 6 heteroatoms. The molecule has 2 rings (SSSR count). The van der Waals surface area contributed by atoms with Crippen molar-refractivity contribution < 1.29 is 19.4 Å². The van der Waals surface area contributed by atoms with Gasteiger partial charge in [-0.3, -0.25) is 14.9 Å². The van der Waals surface area contributed by atoms with Gasteiger partial charge in [0.25, 0.3) is 5.69 Å². The maximum Gasteiger partial charge on any atom is 0.309 e. The van der Waals surface area contributed by atoms with Crippen LogP contribution < -0.4 is 4.90 Å². The molecule has 1 N–H and O–H groups in total. The summed E-state index contributed by atoms with van der Waals surface area (Å²) in [5.41, 5.74) is 1.10. The van der Waals surface area contributed by atoms with E-state index in [0.717, 1.165) is 38.0 Å². The lowest BCUT2D eigenvalue weighted by molar-refractivity contribution is -0.919. The summed E-state index contributed by atoms with van der Waals surface area (Å²) < 4.78 is 5.05. The van der Waals surface area contributed by atoms with E-state index in [1.54, 1.807) is 12.1 Å².